The van der Waals surface area contributed by atoms with E-state index in [0.29, 0.717) is 22.7 Å². The molecule has 0 aliphatic heterocycles. The first-order chi connectivity index (χ1) is 19.6. The van der Waals surface area contributed by atoms with Crippen LogP contribution in [0.3, 0.4) is 0 Å². The maximum Gasteiger partial charge on any atom is 0.343 e. The van der Waals surface area contributed by atoms with Crippen LogP contribution in [0, 0.1) is 11.3 Å². The predicted octanol–water partition coefficient (Wildman–Crippen LogP) is 9.43. The number of hydrogen-bond donors (Lipinski definition) is 0. The molecule has 212 valence electrons. The van der Waals surface area contributed by atoms with Crippen LogP contribution in [-0.2, 0) is 12.8 Å². The van der Waals surface area contributed by atoms with Gasteiger partial charge in [-0.15, -0.1) is 0 Å². The van der Waals surface area contributed by atoms with Gasteiger partial charge in [0.25, 0.3) is 0 Å². The lowest BCUT2D eigenvalue weighted by Gasteiger charge is -2.08. The van der Waals surface area contributed by atoms with E-state index in [9.17, 15) is 10.1 Å². The number of aromatic nitrogens is 2. The van der Waals surface area contributed by atoms with Crippen LogP contribution in [0.15, 0.2) is 54.9 Å². The van der Waals surface area contributed by atoms with E-state index in [0.717, 1.165) is 36.8 Å². The molecule has 3 rings (SSSR count). The van der Waals surface area contributed by atoms with Crippen molar-refractivity contribution < 1.29 is 9.53 Å². The van der Waals surface area contributed by atoms with E-state index in [1.165, 1.54) is 76.2 Å². The van der Waals surface area contributed by atoms with Crippen LogP contribution in [0.4, 0.5) is 0 Å². The number of benzene rings is 2. The molecule has 0 fully saturated rings. The Balaban J connectivity index is 1.47. The zero-order valence-electron chi connectivity index (χ0n) is 24.5. The van der Waals surface area contributed by atoms with Crippen LogP contribution >= 0.6 is 0 Å². The Labute approximate surface area is 241 Å². The Morgan fingerprint density at radius 2 is 1.32 bits per heavy atom. The summed E-state index contributed by atoms with van der Waals surface area (Å²) in [6.45, 7) is 4.45. The summed E-state index contributed by atoms with van der Waals surface area (Å²) in [5.41, 5.74) is 3.95. The number of carbonyl (C=O) groups excluding carboxylic acids is 1. The van der Waals surface area contributed by atoms with Gasteiger partial charge in [0.15, 0.2) is 5.82 Å². The lowest BCUT2D eigenvalue weighted by Crippen LogP contribution is -2.09. The summed E-state index contributed by atoms with van der Waals surface area (Å²) >= 11 is 0. The Morgan fingerprint density at radius 1 is 0.750 bits per heavy atom. The van der Waals surface area contributed by atoms with Crippen molar-refractivity contribution in [2.24, 2.45) is 0 Å². The summed E-state index contributed by atoms with van der Waals surface area (Å²) in [5, 5.41) is 9.59. The predicted molar refractivity (Wildman–Crippen MR) is 162 cm³/mol. The topological polar surface area (TPSA) is 75.9 Å². The second-order valence-electron chi connectivity index (χ2n) is 10.7. The molecule has 0 aliphatic rings. The largest absolute Gasteiger partial charge is 0.423 e. The molecule has 1 heterocycles. The first-order valence-electron chi connectivity index (χ1n) is 15.3. The van der Waals surface area contributed by atoms with Crippen molar-refractivity contribution in [1.82, 2.24) is 9.97 Å². The quantitative estimate of drug-likeness (QED) is 0.0914. The van der Waals surface area contributed by atoms with Gasteiger partial charge in [-0.3, -0.25) is 0 Å². The fraction of sp³-hybridized carbons (Fsp3) is 0.486. The van der Waals surface area contributed by atoms with Crippen molar-refractivity contribution in [2.45, 2.75) is 110 Å². The standard InChI is InChI=1S/C35H45N3O2/c1-3-5-7-9-10-11-13-14-16-28-26-37-34(38-27-28)30-20-22-33(23-21-30)40-35(39)31-19-18-29(32(24-31)25-36)17-15-12-8-6-4-2/h18-24,26-27H,3-17H2,1-2H3. The van der Waals surface area contributed by atoms with E-state index in [1.807, 2.05) is 30.6 Å². The Hall–Kier alpha value is -3.52. The van der Waals surface area contributed by atoms with Gasteiger partial charge in [-0.1, -0.05) is 90.5 Å². The van der Waals surface area contributed by atoms with Gasteiger partial charge < -0.3 is 4.74 Å². The molecule has 5 heteroatoms. The molecule has 0 aliphatic carbocycles. The van der Waals surface area contributed by atoms with Gasteiger partial charge in [0, 0.05) is 18.0 Å². The maximum absolute atomic E-state index is 12.7. The normalized spacial score (nSPS) is 10.8. The molecule has 0 bridgehead atoms. The Morgan fingerprint density at radius 3 is 1.93 bits per heavy atom. The average Bonchev–Trinajstić information content (AvgIpc) is 2.99. The fourth-order valence-electron chi connectivity index (χ4n) is 4.88. The molecule has 0 amide bonds. The van der Waals surface area contributed by atoms with Crippen molar-refractivity contribution in [3.8, 4) is 23.2 Å². The van der Waals surface area contributed by atoms with E-state index in [1.54, 1.807) is 24.3 Å². The van der Waals surface area contributed by atoms with E-state index in [-0.39, 0.29) is 0 Å². The molecule has 0 radical (unpaired) electrons. The highest BCUT2D eigenvalue weighted by atomic mass is 16.5. The number of esters is 1. The minimum Gasteiger partial charge on any atom is -0.423 e. The van der Waals surface area contributed by atoms with Crippen LogP contribution < -0.4 is 4.74 Å². The van der Waals surface area contributed by atoms with E-state index >= 15 is 0 Å². The van der Waals surface area contributed by atoms with Crippen molar-refractivity contribution in [3.63, 3.8) is 0 Å². The van der Waals surface area contributed by atoms with Gasteiger partial charge in [-0.2, -0.15) is 5.26 Å². The summed E-state index contributed by atoms with van der Waals surface area (Å²) in [4.78, 5) is 21.8. The summed E-state index contributed by atoms with van der Waals surface area (Å²) in [7, 11) is 0. The highest BCUT2D eigenvalue weighted by molar-refractivity contribution is 5.91. The van der Waals surface area contributed by atoms with Gasteiger partial charge in [-0.25, -0.2) is 14.8 Å². The third kappa shape index (κ3) is 10.6. The van der Waals surface area contributed by atoms with Crippen molar-refractivity contribution in [1.29, 1.82) is 5.26 Å². The molecular weight excluding hydrogens is 494 g/mol. The minimum atomic E-state index is -0.472. The molecule has 2 aromatic carbocycles. The summed E-state index contributed by atoms with van der Waals surface area (Å²) in [6.07, 6.45) is 22.0. The van der Waals surface area contributed by atoms with E-state index in [2.05, 4.69) is 29.9 Å². The fourth-order valence-corrected chi connectivity index (χ4v) is 4.88. The smallest absolute Gasteiger partial charge is 0.343 e. The summed E-state index contributed by atoms with van der Waals surface area (Å²) in [5.74, 6) is 0.625. The first kappa shape index (κ1) is 31.0. The number of rotatable bonds is 18. The van der Waals surface area contributed by atoms with Crippen LogP contribution in [-0.4, -0.2) is 15.9 Å². The number of nitrogens with zero attached hydrogens (tertiary/aromatic N) is 3. The average molecular weight is 540 g/mol. The second kappa shape index (κ2) is 17.9. The monoisotopic (exact) mass is 539 g/mol. The molecule has 5 nitrogen and oxygen atoms in total. The highest BCUT2D eigenvalue weighted by Crippen LogP contribution is 2.22. The molecule has 0 atom stereocenters. The molecule has 40 heavy (non-hydrogen) atoms. The lowest BCUT2D eigenvalue weighted by atomic mass is 9.99. The molecular formula is C35H45N3O2. The van der Waals surface area contributed by atoms with Gasteiger partial charge in [-0.05, 0) is 73.2 Å². The number of ether oxygens (including phenoxy) is 1. The molecule has 1 aromatic heterocycles. The number of hydrogen-bond acceptors (Lipinski definition) is 5. The molecule has 0 saturated carbocycles. The summed E-state index contributed by atoms with van der Waals surface area (Å²) < 4.78 is 5.58. The van der Waals surface area contributed by atoms with Crippen LogP contribution in [0.25, 0.3) is 11.4 Å². The number of nitriles is 1. The Bertz CT molecular complexity index is 1200. The van der Waals surface area contributed by atoms with Crippen LogP contribution in [0.5, 0.6) is 5.75 Å². The van der Waals surface area contributed by atoms with Crippen molar-refractivity contribution in [3.05, 3.63) is 77.1 Å². The Kier molecular flexibility index (Phi) is 13.9. The second-order valence-corrected chi connectivity index (χ2v) is 10.7. The molecule has 0 spiro atoms. The van der Waals surface area contributed by atoms with Gasteiger partial charge in [0.05, 0.1) is 17.2 Å². The minimum absolute atomic E-state index is 0.380. The van der Waals surface area contributed by atoms with Gasteiger partial charge in [0.1, 0.15) is 5.75 Å². The summed E-state index contributed by atoms with van der Waals surface area (Å²) in [6, 6.07) is 14.7. The van der Waals surface area contributed by atoms with Crippen LogP contribution in [0.2, 0.25) is 0 Å². The highest BCUT2D eigenvalue weighted by Gasteiger charge is 2.13. The molecule has 0 unspecified atom stereocenters. The third-order valence-electron chi connectivity index (χ3n) is 7.36. The third-order valence-corrected chi connectivity index (χ3v) is 7.36. The number of aryl methyl sites for hydroxylation is 2. The number of carbonyl (C=O) groups is 1. The van der Waals surface area contributed by atoms with Crippen LogP contribution in [0.1, 0.15) is 124 Å². The SMILES string of the molecule is CCCCCCCCCCc1cnc(-c2ccc(OC(=O)c3ccc(CCCCCCC)c(C#N)c3)cc2)nc1. The van der Waals surface area contributed by atoms with E-state index in [4.69, 9.17) is 4.74 Å². The first-order valence-corrected chi connectivity index (χ1v) is 15.3. The lowest BCUT2D eigenvalue weighted by molar-refractivity contribution is 0.0734. The van der Waals surface area contributed by atoms with Crippen molar-refractivity contribution in [2.75, 3.05) is 0 Å². The molecule has 3 aromatic rings. The zero-order valence-corrected chi connectivity index (χ0v) is 24.5. The molecule has 0 N–H and O–H groups in total. The number of unbranched alkanes of at least 4 members (excludes halogenated alkanes) is 11. The van der Waals surface area contributed by atoms with Crippen molar-refractivity contribution >= 4 is 5.97 Å². The van der Waals surface area contributed by atoms with Gasteiger partial charge in [0.2, 0.25) is 0 Å². The van der Waals surface area contributed by atoms with E-state index < -0.39 is 5.97 Å². The molecule has 0 saturated heterocycles. The van der Waals surface area contributed by atoms with Gasteiger partial charge >= 0.3 is 5.97 Å². The zero-order chi connectivity index (χ0) is 28.4. The maximum atomic E-state index is 12.7.